The third kappa shape index (κ3) is 2.11. The van der Waals surface area contributed by atoms with E-state index in [1.807, 2.05) is 6.92 Å². The number of carbonyl (C=O) groups excluding carboxylic acids is 1. The first-order valence-electron chi connectivity index (χ1n) is 6.16. The SMILES string of the molecule is CCC1(C(=O)O)CCCN1c1ccc(C(N)=O)nn1. The number of anilines is 1. The molecule has 19 heavy (non-hydrogen) atoms. The molecule has 7 nitrogen and oxygen atoms in total. The molecule has 1 amide bonds. The van der Waals surface area contributed by atoms with Gasteiger partial charge in [0.25, 0.3) is 5.91 Å². The topological polar surface area (TPSA) is 109 Å². The Morgan fingerprint density at radius 3 is 2.68 bits per heavy atom. The van der Waals surface area contributed by atoms with Gasteiger partial charge in [0.15, 0.2) is 11.5 Å². The Morgan fingerprint density at radius 1 is 1.47 bits per heavy atom. The van der Waals surface area contributed by atoms with Gasteiger partial charge >= 0.3 is 5.97 Å². The fourth-order valence-electron chi connectivity index (χ4n) is 2.55. The van der Waals surface area contributed by atoms with Crippen LogP contribution in [0, 0.1) is 0 Å². The third-order valence-electron chi connectivity index (χ3n) is 3.65. The third-order valence-corrected chi connectivity index (χ3v) is 3.65. The summed E-state index contributed by atoms with van der Waals surface area (Å²) in [7, 11) is 0. The standard InChI is InChI=1S/C12H16N4O3/c1-2-12(11(18)19)6-3-7-16(12)9-5-4-8(10(13)17)14-15-9/h4-5H,2-3,6-7H2,1H3,(H2,13,17)(H,18,19). The number of aromatic nitrogens is 2. The van der Waals surface area contributed by atoms with Gasteiger partial charge in [0.05, 0.1) is 0 Å². The number of amides is 1. The smallest absolute Gasteiger partial charge is 0.329 e. The maximum atomic E-state index is 11.5. The van der Waals surface area contributed by atoms with Crippen molar-refractivity contribution in [3.05, 3.63) is 17.8 Å². The molecule has 102 valence electrons. The Bertz CT molecular complexity index is 502. The van der Waals surface area contributed by atoms with E-state index in [1.165, 1.54) is 6.07 Å². The molecule has 0 radical (unpaired) electrons. The van der Waals surface area contributed by atoms with Crippen LogP contribution in [0.15, 0.2) is 12.1 Å². The van der Waals surface area contributed by atoms with Crippen molar-refractivity contribution >= 4 is 17.7 Å². The van der Waals surface area contributed by atoms with Gasteiger partial charge in [-0.15, -0.1) is 10.2 Å². The van der Waals surface area contributed by atoms with Gasteiger partial charge in [-0.05, 0) is 31.4 Å². The number of hydrogen-bond acceptors (Lipinski definition) is 5. The second kappa shape index (κ2) is 4.83. The lowest BCUT2D eigenvalue weighted by Crippen LogP contribution is -2.50. The molecule has 0 spiro atoms. The Balaban J connectivity index is 2.34. The highest BCUT2D eigenvalue weighted by Crippen LogP contribution is 2.35. The zero-order chi connectivity index (χ0) is 14.0. The Morgan fingerprint density at radius 2 is 2.21 bits per heavy atom. The van der Waals surface area contributed by atoms with Crippen LogP contribution in [-0.2, 0) is 4.79 Å². The first-order valence-corrected chi connectivity index (χ1v) is 6.16. The summed E-state index contributed by atoms with van der Waals surface area (Å²) < 4.78 is 0. The van der Waals surface area contributed by atoms with E-state index in [9.17, 15) is 14.7 Å². The van der Waals surface area contributed by atoms with Crippen molar-refractivity contribution in [3.63, 3.8) is 0 Å². The maximum Gasteiger partial charge on any atom is 0.329 e. The molecule has 1 aliphatic heterocycles. The number of carbonyl (C=O) groups is 2. The summed E-state index contributed by atoms with van der Waals surface area (Å²) >= 11 is 0. The van der Waals surface area contributed by atoms with Crippen LogP contribution in [0.2, 0.25) is 0 Å². The van der Waals surface area contributed by atoms with Crippen molar-refractivity contribution < 1.29 is 14.7 Å². The van der Waals surface area contributed by atoms with Crippen LogP contribution >= 0.6 is 0 Å². The molecular formula is C12H16N4O3. The second-order valence-electron chi connectivity index (χ2n) is 4.59. The lowest BCUT2D eigenvalue weighted by atomic mass is 9.93. The van der Waals surface area contributed by atoms with Crippen molar-refractivity contribution in [2.45, 2.75) is 31.7 Å². The van der Waals surface area contributed by atoms with Crippen molar-refractivity contribution in [3.8, 4) is 0 Å². The lowest BCUT2D eigenvalue weighted by Gasteiger charge is -2.34. The Hall–Kier alpha value is -2.18. The highest BCUT2D eigenvalue weighted by atomic mass is 16.4. The van der Waals surface area contributed by atoms with Gasteiger partial charge in [-0.2, -0.15) is 0 Å². The van der Waals surface area contributed by atoms with Crippen molar-refractivity contribution in [2.24, 2.45) is 5.73 Å². The minimum absolute atomic E-state index is 0.0698. The lowest BCUT2D eigenvalue weighted by molar-refractivity contribution is -0.143. The molecule has 0 saturated carbocycles. The van der Waals surface area contributed by atoms with Gasteiger partial charge in [-0.3, -0.25) is 4.79 Å². The molecule has 2 rings (SSSR count). The van der Waals surface area contributed by atoms with E-state index in [4.69, 9.17) is 5.73 Å². The molecular weight excluding hydrogens is 248 g/mol. The Kier molecular flexibility index (Phi) is 3.37. The molecule has 1 atom stereocenters. The minimum atomic E-state index is -0.928. The maximum absolute atomic E-state index is 11.5. The van der Waals surface area contributed by atoms with Crippen LogP contribution in [0.4, 0.5) is 5.82 Å². The predicted octanol–water partition coefficient (Wildman–Crippen LogP) is 0.409. The van der Waals surface area contributed by atoms with E-state index in [1.54, 1.807) is 11.0 Å². The molecule has 0 aliphatic carbocycles. The highest BCUT2D eigenvalue weighted by Gasteiger charge is 2.46. The summed E-state index contributed by atoms with van der Waals surface area (Å²) in [5.74, 6) is -1.04. The normalized spacial score (nSPS) is 22.5. The van der Waals surface area contributed by atoms with Gasteiger partial charge in [0.1, 0.15) is 5.54 Å². The molecule has 0 aromatic carbocycles. The van der Waals surface area contributed by atoms with E-state index in [2.05, 4.69) is 10.2 Å². The molecule has 1 unspecified atom stereocenters. The van der Waals surface area contributed by atoms with Crippen molar-refractivity contribution in [1.82, 2.24) is 10.2 Å². The Labute approximate surface area is 110 Å². The van der Waals surface area contributed by atoms with Crippen LogP contribution < -0.4 is 10.6 Å². The van der Waals surface area contributed by atoms with E-state index in [0.717, 1.165) is 6.42 Å². The number of primary amides is 1. The molecule has 1 aromatic rings. The second-order valence-corrected chi connectivity index (χ2v) is 4.59. The summed E-state index contributed by atoms with van der Waals surface area (Å²) in [5, 5.41) is 17.1. The summed E-state index contributed by atoms with van der Waals surface area (Å²) in [4.78, 5) is 24.2. The quantitative estimate of drug-likeness (QED) is 0.815. The van der Waals surface area contributed by atoms with E-state index in [-0.39, 0.29) is 5.69 Å². The van der Waals surface area contributed by atoms with Crippen LogP contribution in [0.1, 0.15) is 36.7 Å². The average molecular weight is 264 g/mol. The molecule has 7 heteroatoms. The molecule has 1 aromatic heterocycles. The summed E-state index contributed by atoms with van der Waals surface area (Å²) in [6, 6.07) is 3.05. The molecule has 1 aliphatic rings. The summed E-state index contributed by atoms with van der Waals surface area (Å²) in [5.41, 5.74) is 4.24. The monoisotopic (exact) mass is 264 g/mol. The summed E-state index contributed by atoms with van der Waals surface area (Å²) in [6.45, 7) is 2.46. The number of aliphatic carboxylic acids is 1. The van der Waals surface area contributed by atoms with E-state index < -0.39 is 17.4 Å². The fraction of sp³-hybridized carbons (Fsp3) is 0.500. The van der Waals surface area contributed by atoms with Crippen molar-refractivity contribution in [1.29, 1.82) is 0 Å². The largest absolute Gasteiger partial charge is 0.479 e. The van der Waals surface area contributed by atoms with Crippen LogP contribution in [0.5, 0.6) is 0 Å². The number of carboxylic acids is 1. The van der Waals surface area contributed by atoms with Crippen LogP contribution in [0.3, 0.4) is 0 Å². The number of rotatable bonds is 4. The van der Waals surface area contributed by atoms with Crippen LogP contribution in [0.25, 0.3) is 0 Å². The van der Waals surface area contributed by atoms with Gasteiger partial charge in [0.2, 0.25) is 0 Å². The number of hydrogen-bond donors (Lipinski definition) is 2. The first-order chi connectivity index (χ1) is 9.01. The fourth-order valence-corrected chi connectivity index (χ4v) is 2.55. The van der Waals surface area contributed by atoms with Crippen LogP contribution in [-0.4, -0.2) is 39.3 Å². The van der Waals surface area contributed by atoms with E-state index >= 15 is 0 Å². The number of carboxylic acid groups (broad SMARTS) is 1. The average Bonchev–Trinajstić information content (AvgIpc) is 2.83. The highest BCUT2D eigenvalue weighted by molar-refractivity contribution is 5.90. The minimum Gasteiger partial charge on any atom is -0.479 e. The molecule has 2 heterocycles. The number of nitrogens with two attached hydrogens (primary N) is 1. The number of nitrogens with zero attached hydrogens (tertiary/aromatic N) is 3. The van der Waals surface area contributed by atoms with Crippen molar-refractivity contribution in [2.75, 3.05) is 11.4 Å². The van der Waals surface area contributed by atoms with Gasteiger partial charge < -0.3 is 15.7 Å². The van der Waals surface area contributed by atoms with Gasteiger partial charge in [-0.25, -0.2) is 4.79 Å². The van der Waals surface area contributed by atoms with Gasteiger partial charge in [-0.1, -0.05) is 6.92 Å². The first kappa shape index (κ1) is 13.3. The summed E-state index contributed by atoms with van der Waals surface area (Å²) in [6.07, 6.45) is 1.86. The molecule has 1 saturated heterocycles. The van der Waals surface area contributed by atoms with Gasteiger partial charge in [0, 0.05) is 6.54 Å². The molecule has 3 N–H and O–H groups in total. The molecule has 0 bridgehead atoms. The van der Waals surface area contributed by atoms with E-state index in [0.29, 0.717) is 25.2 Å². The molecule has 1 fully saturated rings. The predicted molar refractivity (Wildman–Crippen MR) is 67.8 cm³/mol. The zero-order valence-electron chi connectivity index (χ0n) is 10.7. The zero-order valence-corrected chi connectivity index (χ0v) is 10.7.